The number of nitrogen functional groups attached to an aromatic ring is 1. The summed E-state index contributed by atoms with van der Waals surface area (Å²) in [6.45, 7) is 1.97. The summed E-state index contributed by atoms with van der Waals surface area (Å²) in [7, 11) is -3.67. The summed E-state index contributed by atoms with van der Waals surface area (Å²) in [5.41, 5.74) is 6.07. The summed E-state index contributed by atoms with van der Waals surface area (Å²) in [5, 5.41) is 0. The number of anilines is 2. The fourth-order valence-corrected chi connectivity index (χ4v) is 2.99. The molecule has 0 amide bonds. The summed E-state index contributed by atoms with van der Waals surface area (Å²) in [5.74, 6) is 0.154. The monoisotopic (exact) mass is 278 g/mol. The van der Waals surface area contributed by atoms with Crippen molar-refractivity contribution in [2.24, 2.45) is 0 Å². The maximum Gasteiger partial charge on any atom is 0.266 e. The maximum atomic E-state index is 12.5. The molecule has 0 aliphatic heterocycles. The Hall–Kier alpha value is -2.15. The van der Waals surface area contributed by atoms with Crippen molar-refractivity contribution in [2.75, 3.05) is 16.6 Å². The van der Waals surface area contributed by atoms with Crippen molar-refractivity contribution in [2.45, 2.75) is 11.8 Å². The van der Waals surface area contributed by atoms with E-state index in [4.69, 9.17) is 5.73 Å². The highest BCUT2D eigenvalue weighted by molar-refractivity contribution is 7.92. The van der Waals surface area contributed by atoms with Crippen LogP contribution in [0.15, 0.2) is 47.6 Å². The molecule has 1 aromatic carbocycles. The Bertz CT molecular complexity index is 641. The lowest BCUT2D eigenvalue weighted by molar-refractivity contribution is 0.590. The molecule has 0 spiro atoms. The molecule has 1 heterocycles. The molecule has 0 saturated carbocycles. The first-order valence-electron chi connectivity index (χ1n) is 5.71. The van der Waals surface area contributed by atoms with Crippen molar-refractivity contribution < 1.29 is 8.42 Å². The lowest BCUT2D eigenvalue weighted by Crippen LogP contribution is -2.32. The van der Waals surface area contributed by atoms with Gasteiger partial charge in [0.15, 0.2) is 0 Å². The van der Waals surface area contributed by atoms with Crippen LogP contribution in [0.4, 0.5) is 11.6 Å². The molecule has 2 N–H and O–H groups in total. The molecule has 0 fully saturated rings. The van der Waals surface area contributed by atoms with Crippen LogP contribution < -0.4 is 10.0 Å². The van der Waals surface area contributed by atoms with E-state index in [2.05, 4.69) is 9.97 Å². The van der Waals surface area contributed by atoms with Gasteiger partial charge in [-0.2, -0.15) is 0 Å². The first-order valence-corrected chi connectivity index (χ1v) is 7.15. The van der Waals surface area contributed by atoms with E-state index in [9.17, 15) is 8.42 Å². The van der Waals surface area contributed by atoms with Crippen molar-refractivity contribution in [1.29, 1.82) is 0 Å². The highest BCUT2D eigenvalue weighted by Gasteiger charge is 2.25. The Balaban J connectivity index is 2.45. The molecular weight excluding hydrogens is 264 g/mol. The van der Waals surface area contributed by atoms with Crippen molar-refractivity contribution in [1.82, 2.24) is 9.97 Å². The van der Waals surface area contributed by atoms with E-state index in [1.165, 1.54) is 24.5 Å². The second-order valence-corrected chi connectivity index (χ2v) is 5.65. The summed E-state index contributed by atoms with van der Waals surface area (Å²) in [6.07, 6.45) is 3.01. The fourth-order valence-electron chi connectivity index (χ4n) is 1.61. The van der Waals surface area contributed by atoms with E-state index in [0.717, 1.165) is 4.31 Å². The molecule has 0 saturated heterocycles. The summed E-state index contributed by atoms with van der Waals surface area (Å²) >= 11 is 0. The number of nitrogens with two attached hydrogens (primary N) is 1. The fraction of sp³-hybridized carbons (Fsp3) is 0.167. The summed E-state index contributed by atoms with van der Waals surface area (Å²) < 4.78 is 26.1. The topological polar surface area (TPSA) is 89.2 Å². The number of rotatable bonds is 4. The molecular formula is C12H14N4O2S. The zero-order chi connectivity index (χ0) is 13.9. The van der Waals surface area contributed by atoms with E-state index in [1.807, 2.05) is 0 Å². The largest absolute Gasteiger partial charge is 0.399 e. The van der Waals surface area contributed by atoms with Gasteiger partial charge in [0.1, 0.15) is 0 Å². The molecule has 0 bridgehead atoms. The number of hydrogen-bond acceptors (Lipinski definition) is 5. The number of nitrogens with zero attached hydrogens (tertiary/aromatic N) is 3. The molecule has 2 aromatic rings. The van der Waals surface area contributed by atoms with Gasteiger partial charge in [-0.15, -0.1) is 0 Å². The van der Waals surface area contributed by atoms with Crippen LogP contribution in [0.2, 0.25) is 0 Å². The van der Waals surface area contributed by atoms with Crippen molar-refractivity contribution in [3.63, 3.8) is 0 Å². The lowest BCUT2D eigenvalue weighted by atomic mass is 10.3. The van der Waals surface area contributed by atoms with Gasteiger partial charge in [0, 0.05) is 24.6 Å². The van der Waals surface area contributed by atoms with Crippen LogP contribution in [0.1, 0.15) is 6.92 Å². The molecule has 0 atom stereocenters. The van der Waals surface area contributed by atoms with Gasteiger partial charge in [0.2, 0.25) is 5.95 Å². The van der Waals surface area contributed by atoms with Crippen LogP contribution in [0.25, 0.3) is 0 Å². The van der Waals surface area contributed by atoms with E-state index >= 15 is 0 Å². The number of benzene rings is 1. The maximum absolute atomic E-state index is 12.5. The summed E-state index contributed by atoms with van der Waals surface area (Å²) in [6, 6.07) is 7.67. The second-order valence-electron chi connectivity index (χ2n) is 3.79. The second kappa shape index (κ2) is 5.23. The molecule has 0 aliphatic carbocycles. The number of sulfonamides is 1. The van der Waals surface area contributed by atoms with Crippen molar-refractivity contribution >= 4 is 21.7 Å². The molecule has 1 aromatic heterocycles. The molecule has 7 heteroatoms. The first-order chi connectivity index (χ1) is 9.05. The van der Waals surface area contributed by atoms with Gasteiger partial charge >= 0.3 is 0 Å². The number of hydrogen-bond donors (Lipinski definition) is 1. The summed E-state index contributed by atoms with van der Waals surface area (Å²) in [4.78, 5) is 8.10. The lowest BCUT2D eigenvalue weighted by Gasteiger charge is -2.20. The van der Waals surface area contributed by atoms with Crippen LogP contribution in [0.3, 0.4) is 0 Å². The van der Waals surface area contributed by atoms with E-state index in [1.54, 1.807) is 25.1 Å². The Labute approximate surface area is 112 Å². The van der Waals surface area contributed by atoms with Crippen molar-refractivity contribution in [3.05, 3.63) is 42.7 Å². The molecule has 0 radical (unpaired) electrons. The van der Waals surface area contributed by atoms with E-state index in [0.29, 0.717) is 5.69 Å². The van der Waals surface area contributed by atoms with Crippen molar-refractivity contribution in [3.8, 4) is 0 Å². The SMILES string of the molecule is CCN(c1ncccn1)S(=O)(=O)c1ccc(N)cc1. The Morgan fingerprint density at radius 2 is 1.74 bits per heavy atom. The van der Waals surface area contributed by atoms with Gasteiger partial charge in [0.05, 0.1) is 4.90 Å². The third-order valence-electron chi connectivity index (χ3n) is 2.53. The number of aromatic nitrogens is 2. The van der Waals surface area contributed by atoms with Crippen LogP contribution in [0.5, 0.6) is 0 Å². The van der Waals surface area contributed by atoms with E-state index < -0.39 is 10.0 Å². The molecule has 19 heavy (non-hydrogen) atoms. The zero-order valence-corrected chi connectivity index (χ0v) is 11.2. The highest BCUT2D eigenvalue weighted by atomic mass is 32.2. The smallest absolute Gasteiger partial charge is 0.266 e. The standard InChI is InChI=1S/C12H14N4O2S/c1-2-16(12-14-8-3-9-15-12)19(17,18)11-6-4-10(13)5-7-11/h3-9H,2,13H2,1H3. The predicted molar refractivity (Wildman–Crippen MR) is 73.1 cm³/mol. The van der Waals surface area contributed by atoms with Gasteiger partial charge in [-0.25, -0.2) is 22.7 Å². The molecule has 6 nitrogen and oxygen atoms in total. The van der Waals surface area contributed by atoms with Crippen LogP contribution in [-0.2, 0) is 10.0 Å². The zero-order valence-electron chi connectivity index (χ0n) is 10.4. The first kappa shape index (κ1) is 13.3. The highest BCUT2D eigenvalue weighted by Crippen LogP contribution is 2.20. The Kier molecular flexibility index (Phi) is 3.66. The average Bonchev–Trinajstić information content (AvgIpc) is 2.41. The predicted octanol–water partition coefficient (Wildman–Crippen LogP) is 1.27. The minimum atomic E-state index is -3.67. The van der Waals surface area contributed by atoms with Gasteiger partial charge in [-0.3, -0.25) is 0 Å². The van der Waals surface area contributed by atoms with Gasteiger partial charge in [-0.05, 0) is 37.3 Å². The molecule has 2 rings (SSSR count). The van der Waals surface area contributed by atoms with Gasteiger partial charge < -0.3 is 5.73 Å². The van der Waals surface area contributed by atoms with Crippen LogP contribution in [-0.4, -0.2) is 24.9 Å². The van der Waals surface area contributed by atoms with Crippen LogP contribution >= 0.6 is 0 Å². The molecule has 0 aliphatic rings. The molecule has 0 unspecified atom stereocenters. The third-order valence-corrected chi connectivity index (χ3v) is 4.40. The van der Waals surface area contributed by atoms with E-state index in [-0.39, 0.29) is 17.4 Å². The minimum absolute atomic E-state index is 0.154. The molecule has 100 valence electrons. The van der Waals surface area contributed by atoms with Gasteiger partial charge in [0.25, 0.3) is 10.0 Å². The minimum Gasteiger partial charge on any atom is -0.399 e. The third kappa shape index (κ3) is 2.65. The quantitative estimate of drug-likeness (QED) is 0.851. The average molecular weight is 278 g/mol. The van der Waals surface area contributed by atoms with Gasteiger partial charge in [-0.1, -0.05) is 0 Å². The normalized spacial score (nSPS) is 11.2. The Morgan fingerprint density at radius 3 is 2.26 bits per heavy atom. The van der Waals surface area contributed by atoms with Crippen LogP contribution in [0, 0.1) is 0 Å². The Morgan fingerprint density at radius 1 is 1.16 bits per heavy atom.